The Morgan fingerprint density at radius 2 is 1.64 bits per heavy atom. The number of rotatable bonds is 8. The smallest absolute Gasteiger partial charge is 0.243 e. The standard InChI is InChI=1S/C27H28Br2N2O4S/c1-18-4-8-23(9-5-18)36(33,34)30(17-22-3-2-12-35-22)15-21(32)16-31-26-10-6-19(28)13-24(26)25-14-20(29)7-11-27(25)31/h4-11,13-14,21-22,32H,2-3,12,15-17H2,1H3/t21-,22-/m1/s1. The van der Waals surface area contributed by atoms with E-state index in [1.807, 2.05) is 31.2 Å². The molecule has 1 fully saturated rings. The molecule has 3 aromatic carbocycles. The molecule has 0 radical (unpaired) electrons. The fraction of sp³-hybridized carbons (Fsp3) is 0.333. The number of hydrogen-bond acceptors (Lipinski definition) is 4. The van der Waals surface area contributed by atoms with Gasteiger partial charge in [-0.1, -0.05) is 49.6 Å². The number of aliphatic hydroxyl groups excluding tert-OH is 1. The maximum Gasteiger partial charge on any atom is 0.243 e. The van der Waals surface area contributed by atoms with Gasteiger partial charge in [-0.3, -0.25) is 0 Å². The van der Waals surface area contributed by atoms with Gasteiger partial charge >= 0.3 is 0 Å². The molecular weight excluding hydrogens is 608 g/mol. The number of aromatic nitrogens is 1. The van der Waals surface area contributed by atoms with Crippen molar-refractivity contribution in [2.75, 3.05) is 19.7 Å². The van der Waals surface area contributed by atoms with Gasteiger partial charge in [-0.15, -0.1) is 0 Å². The van der Waals surface area contributed by atoms with E-state index in [2.05, 4.69) is 48.6 Å². The van der Waals surface area contributed by atoms with E-state index >= 15 is 0 Å². The molecule has 5 rings (SSSR count). The lowest BCUT2D eigenvalue weighted by Gasteiger charge is -2.27. The van der Waals surface area contributed by atoms with E-state index in [-0.39, 0.29) is 30.6 Å². The summed E-state index contributed by atoms with van der Waals surface area (Å²) >= 11 is 7.13. The number of halogens is 2. The predicted molar refractivity (Wildman–Crippen MR) is 150 cm³/mol. The molecule has 0 saturated carbocycles. The summed E-state index contributed by atoms with van der Waals surface area (Å²) in [4.78, 5) is 0.227. The third-order valence-electron chi connectivity index (χ3n) is 6.69. The van der Waals surface area contributed by atoms with Gasteiger partial charge in [-0.05, 0) is 68.3 Å². The summed E-state index contributed by atoms with van der Waals surface area (Å²) < 4.78 is 38.4. The van der Waals surface area contributed by atoms with Crippen molar-refractivity contribution in [3.63, 3.8) is 0 Å². The first-order valence-corrected chi connectivity index (χ1v) is 15.0. The lowest BCUT2D eigenvalue weighted by atomic mass is 10.2. The third kappa shape index (κ3) is 5.28. The van der Waals surface area contributed by atoms with Gasteiger partial charge in [-0.25, -0.2) is 8.42 Å². The lowest BCUT2D eigenvalue weighted by molar-refractivity contribution is 0.0751. The van der Waals surface area contributed by atoms with Crippen molar-refractivity contribution in [1.82, 2.24) is 8.87 Å². The molecule has 1 aliphatic rings. The number of fused-ring (bicyclic) bond motifs is 3. The number of aryl methyl sites for hydroxylation is 1. The molecule has 0 aliphatic carbocycles. The van der Waals surface area contributed by atoms with Crippen molar-refractivity contribution in [3.05, 3.63) is 75.2 Å². The second-order valence-electron chi connectivity index (χ2n) is 9.36. The van der Waals surface area contributed by atoms with Crippen LogP contribution in [0, 0.1) is 6.92 Å². The Kier molecular flexibility index (Phi) is 7.59. The van der Waals surface area contributed by atoms with Crippen LogP contribution < -0.4 is 0 Å². The molecule has 1 aromatic heterocycles. The van der Waals surface area contributed by atoms with Gasteiger partial charge in [-0.2, -0.15) is 4.31 Å². The Hall–Kier alpha value is -1.75. The average Bonchev–Trinajstić information content (AvgIpc) is 3.45. The summed E-state index contributed by atoms with van der Waals surface area (Å²) in [6.45, 7) is 3.02. The molecule has 1 aliphatic heterocycles. The van der Waals surface area contributed by atoms with Crippen LogP contribution in [-0.4, -0.2) is 54.3 Å². The van der Waals surface area contributed by atoms with Gasteiger partial charge in [0.2, 0.25) is 10.0 Å². The second kappa shape index (κ2) is 10.6. The van der Waals surface area contributed by atoms with Crippen LogP contribution in [0.5, 0.6) is 0 Å². The van der Waals surface area contributed by atoms with E-state index in [0.29, 0.717) is 6.61 Å². The number of ether oxygens (including phenoxy) is 1. The first-order valence-electron chi connectivity index (χ1n) is 12.0. The Bertz CT molecular complexity index is 1440. The number of aliphatic hydroxyl groups is 1. The van der Waals surface area contributed by atoms with Crippen LogP contribution in [0.3, 0.4) is 0 Å². The zero-order valence-electron chi connectivity index (χ0n) is 19.9. The monoisotopic (exact) mass is 634 g/mol. The number of hydrogen-bond donors (Lipinski definition) is 1. The van der Waals surface area contributed by atoms with E-state index in [4.69, 9.17) is 4.74 Å². The second-order valence-corrected chi connectivity index (χ2v) is 13.1. The van der Waals surface area contributed by atoms with Crippen molar-refractivity contribution in [2.24, 2.45) is 0 Å². The lowest BCUT2D eigenvalue weighted by Crippen LogP contribution is -2.43. The van der Waals surface area contributed by atoms with Gasteiger partial charge in [0.05, 0.1) is 23.6 Å². The summed E-state index contributed by atoms with van der Waals surface area (Å²) in [5.41, 5.74) is 2.96. The minimum atomic E-state index is -3.80. The van der Waals surface area contributed by atoms with Gasteiger partial charge in [0.1, 0.15) is 0 Å². The van der Waals surface area contributed by atoms with E-state index in [0.717, 1.165) is 49.2 Å². The first-order chi connectivity index (χ1) is 17.2. The molecule has 9 heteroatoms. The van der Waals surface area contributed by atoms with Gasteiger partial charge in [0.15, 0.2) is 0 Å². The van der Waals surface area contributed by atoms with Crippen molar-refractivity contribution in [3.8, 4) is 0 Å². The zero-order chi connectivity index (χ0) is 25.4. The van der Waals surface area contributed by atoms with Crippen LogP contribution in [0.15, 0.2) is 74.5 Å². The molecule has 4 aromatic rings. The molecule has 6 nitrogen and oxygen atoms in total. The molecule has 2 heterocycles. The minimum Gasteiger partial charge on any atom is -0.390 e. The summed E-state index contributed by atoms with van der Waals surface area (Å²) in [5, 5.41) is 13.4. The molecule has 190 valence electrons. The summed E-state index contributed by atoms with van der Waals surface area (Å²) in [7, 11) is -3.80. The van der Waals surface area contributed by atoms with E-state index < -0.39 is 16.1 Å². The molecule has 0 spiro atoms. The van der Waals surface area contributed by atoms with E-state index in [9.17, 15) is 13.5 Å². The topological polar surface area (TPSA) is 71.8 Å². The molecule has 1 N–H and O–H groups in total. The van der Waals surface area contributed by atoms with Crippen LogP contribution in [0.2, 0.25) is 0 Å². The van der Waals surface area contributed by atoms with Crippen molar-refractivity contribution in [2.45, 2.75) is 43.4 Å². The van der Waals surface area contributed by atoms with Crippen LogP contribution in [0.1, 0.15) is 18.4 Å². The van der Waals surface area contributed by atoms with Crippen LogP contribution in [-0.2, 0) is 21.3 Å². The highest BCUT2D eigenvalue weighted by Gasteiger charge is 2.31. The molecule has 0 unspecified atom stereocenters. The summed E-state index contributed by atoms with van der Waals surface area (Å²) in [6, 6.07) is 19.0. The van der Waals surface area contributed by atoms with E-state index in [1.165, 1.54) is 4.31 Å². The van der Waals surface area contributed by atoms with Gasteiger partial charge < -0.3 is 14.4 Å². The molecule has 36 heavy (non-hydrogen) atoms. The Morgan fingerprint density at radius 3 is 2.19 bits per heavy atom. The Labute approximate surface area is 228 Å². The fourth-order valence-corrected chi connectivity index (χ4v) is 7.13. The third-order valence-corrected chi connectivity index (χ3v) is 9.52. The summed E-state index contributed by atoms with van der Waals surface area (Å²) in [5.74, 6) is 0. The number of sulfonamides is 1. The maximum absolute atomic E-state index is 13.6. The molecular formula is C27H28Br2N2O4S. The Balaban J connectivity index is 1.47. The summed E-state index contributed by atoms with van der Waals surface area (Å²) in [6.07, 6.45) is 0.642. The highest BCUT2D eigenvalue weighted by Crippen LogP contribution is 2.33. The quantitative estimate of drug-likeness (QED) is 0.263. The van der Waals surface area contributed by atoms with Crippen LogP contribution >= 0.6 is 31.9 Å². The molecule has 2 atom stereocenters. The molecule has 1 saturated heterocycles. The number of benzene rings is 3. The SMILES string of the molecule is Cc1ccc(S(=O)(=O)N(C[C@@H](O)Cn2c3ccc(Br)cc3c3cc(Br)ccc32)C[C@H]2CCCO2)cc1. The molecule has 0 bridgehead atoms. The highest BCUT2D eigenvalue weighted by atomic mass is 79.9. The van der Waals surface area contributed by atoms with Crippen molar-refractivity contribution < 1.29 is 18.3 Å². The van der Waals surface area contributed by atoms with Crippen molar-refractivity contribution in [1.29, 1.82) is 0 Å². The zero-order valence-corrected chi connectivity index (χ0v) is 23.9. The van der Waals surface area contributed by atoms with Gasteiger partial charge in [0.25, 0.3) is 0 Å². The minimum absolute atomic E-state index is 0.0235. The van der Waals surface area contributed by atoms with Crippen molar-refractivity contribution >= 4 is 63.7 Å². The first kappa shape index (κ1) is 25.9. The normalized spacial score (nSPS) is 17.4. The van der Waals surface area contributed by atoms with Crippen LogP contribution in [0.4, 0.5) is 0 Å². The largest absolute Gasteiger partial charge is 0.390 e. The predicted octanol–water partition coefficient (Wildman–Crippen LogP) is 5.86. The average molecular weight is 636 g/mol. The van der Waals surface area contributed by atoms with E-state index in [1.54, 1.807) is 24.3 Å². The Morgan fingerprint density at radius 1 is 1.03 bits per heavy atom. The number of nitrogens with zero attached hydrogens (tertiary/aromatic N) is 2. The highest BCUT2D eigenvalue weighted by molar-refractivity contribution is 9.10. The van der Waals surface area contributed by atoms with Crippen LogP contribution in [0.25, 0.3) is 21.8 Å². The van der Waals surface area contributed by atoms with Gasteiger partial charge in [0, 0.05) is 50.4 Å². The molecule has 0 amide bonds. The fourth-order valence-electron chi connectivity index (χ4n) is 4.89. The maximum atomic E-state index is 13.6.